The number of carbonyl (C=O) groups is 1. The monoisotopic (exact) mass is 597 g/mol. The van der Waals surface area contributed by atoms with Gasteiger partial charge in [0.05, 0.1) is 10.5 Å². The van der Waals surface area contributed by atoms with E-state index < -0.39 is 21.8 Å². The summed E-state index contributed by atoms with van der Waals surface area (Å²) in [5.41, 5.74) is 0.171. The third-order valence-electron chi connectivity index (χ3n) is 5.76. The molecule has 12 heteroatoms. The number of hydrogen-bond acceptors (Lipinski definition) is 5. The molecule has 1 saturated heterocycles. The van der Waals surface area contributed by atoms with Crippen LogP contribution in [0.5, 0.6) is 5.75 Å². The standard InChI is InChI=1S/C25H23BrF3N3O4S/c26-19-4-6-20(7-5-19)30-37(34,35)23-10-8-22(9-11-23)36-17-24(33)32-14-12-31(13-15-32)21-3-1-2-18(16-21)25(27,28)29/h1-11,16,30H,12-15,17H2. The van der Waals surface area contributed by atoms with E-state index in [0.29, 0.717) is 43.3 Å². The van der Waals surface area contributed by atoms with Gasteiger partial charge in [-0.15, -0.1) is 0 Å². The molecule has 7 nitrogen and oxygen atoms in total. The summed E-state index contributed by atoms with van der Waals surface area (Å²) in [6.45, 7) is 1.23. The van der Waals surface area contributed by atoms with Crippen molar-refractivity contribution in [1.82, 2.24) is 4.90 Å². The molecule has 0 bridgehead atoms. The van der Waals surface area contributed by atoms with Gasteiger partial charge < -0.3 is 14.5 Å². The van der Waals surface area contributed by atoms with Gasteiger partial charge in [0.25, 0.3) is 15.9 Å². The molecule has 0 atom stereocenters. The van der Waals surface area contributed by atoms with Crippen molar-refractivity contribution < 1.29 is 31.1 Å². The van der Waals surface area contributed by atoms with Crippen molar-refractivity contribution in [3.05, 3.63) is 82.8 Å². The van der Waals surface area contributed by atoms with Crippen LogP contribution in [0.4, 0.5) is 24.5 Å². The Balaban J connectivity index is 1.28. The van der Waals surface area contributed by atoms with Crippen LogP contribution in [0.3, 0.4) is 0 Å². The molecule has 1 aliphatic heterocycles. The quantitative estimate of drug-likeness (QED) is 0.415. The highest BCUT2D eigenvalue weighted by Crippen LogP contribution is 2.32. The zero-order chi connectivity index (χ0) is 26.6. The lowest BCUT2D eigenvalue weighted by molar-refractivity contribution is -0.137. The second-order valence-corrected chi connectivity index (χ2v) is 10.9. The first kappa shape index (κ1) is 26.8. The Kier molecular flexibility index (Phi) is 7.98. The fourth-order valence-electron chi connectivity index (χ4n) is 3.78. The van der Waals surface area contributed by atoms with E-state index >= 15 is 0 Å². The van der Waals surface area contributed by atoms with E-state index in [2.05, 4.69) is 20.7 Å². The first-order valence-electron chi connectivity index (χ1n) is 11.2. The summed E-state index contributed by atoms with van der Waals surface area (Å²) < 4.78 is 73.0. The smallest absolute Gasteiger partial charge is 0.416 e. The topological polar surface area (TPSA) is 78.9 Å². The van der Waals surface area contributed by atoms with Gasteiger partial charge >= 0.3 is 6.18 Å². The van der Waals surface area contributed by atoms with Crippen molar-refractivity contribution in [3.8, 4) is 5.75 Å². The normalized spacial score (nSPS) is 14.4. The van der Waals surface area contributed by atoms with Gasteiger partial charge in [0.2, 0.25) is 0 Å². The molecule has 1 fully saturated rings. The van der Waals surface area contributed by atoms with E-state index in [4.69, 9.17) is 4.74 Å². The molecule has 1 amide bonds. The van der Waals surface area contributed by atoms with Gasteiger partial charge in [-0.2, -0.15) is 13.2 Å². The number of ether oxygens (including phenoxy) is 1. The summed E-state index contributed by atoms with van der Waals surface area (Å²) >= 11 is 3.29. The third-order valence-corrected chi connectivity index (χ3v) is 7.69. The summed E-state index contributed by atoms with van der Waals surface area (Å²) in [5, 5.41) is 0. The Bertz CT molecular complexity index is 1340. The average molecular weight is 598 g/mol. The number of alkyl halides is 3. The second-order valence-electron chi connectivity index (χ2n) is 8.29. The molecule has 1 aliphatic rings. The summed E-state index contributed by atoms with van der Waals surface area (Å²) in [5.74, 6) is 0.0656. The molecule has 1 heterocycles. The number of amides is 1. The molecule has 0 radical (unpaired) electrons. The van der Waals surface area contributed by atoms with E-state index in [1.165, 1.54) is 30.3 Å². The third kappa shape index (κ3) is 6.95. The van der Waals surface area contributed by atoms with Gasteiger partial charge in [0.1, 0.15) is 5.75 Å². The minimum atomic E-state index is -4.41. The Labute approximate surface area is 221 Å². The number of benzene rings is 3. The molecule has 3 aromatic carbocycles. The summed E-state index contributed by atoms with van der Waals surface area (Å²) in [6.07, 6.45) is -4.41. The Morgan fingerprint density at radius 2 is 1.59 bits per heavy atom. The van der Waals surface area contributed by atoms with Gasteiger partial charge in [0, 0.05) is 42.0 Å². The average Bonchev–Trinajstić information content (AvgIpc) is 2.88. The molecule has 0 aliphatic carbocycles. The molecule has 1 N–H and O–H groups in total. The fraction of sp³-hybridized carbons (Fsp3) is 0.240. The predicted molar refractivity (Wildman–Crippen MR) is 137 cm³/mol. The Hall–Kier alpha value is -3.25. The van der Waals surface area contributed by atoms with E-state index in [-0.39, 0.29) is 17.4 Å². The van der Waals surface area contributed by atoms with Crippen LogP contribution in [0.25, 0.3) is 0 Å². The largest absolute Gasteiger partial charge is 0.484 e. The molecule has 0 spiro atoms. The van der Waals surface area contributed by atoms with Crippen LogP contribution in [0, 0.1) is 0 Å². The number of nitrogens with one attached hydrogen (secondary N) is 1. The van der Waals surface area contributed by atoms with Crippen molar-refractivity contribution in [2.45, 2.75) is 11.1 Å². The van der Waals surface area contributed by atoms with E-state index in [9.17, 15) is 26.4 Å². The van der Waals surface area contributed by atoms with Gasteiger partial charge in [-0.25, -0.2) is 8.42 Å². The van der Waals surface area contributed by atoms with E-state index in [0.717, 1.165) is 16.6 Å². The molecule has 0 unspecified atom stereocenters. The highest BCUT2D eigenvalue weighted by atomic mass is 79.9. The number of nitrogens with zero attached hydrogens (tertiary/aromatic N) is 2. The Morgan fingerprint density at radius 3 is 2.22 bits per heavy atom. The van der Waals surface area contributed by atoms with Crippen molar-refractivity contribution in [1.29, 1.82) is 0 Å². The number of anilines is 2. The van der Waals surface area contributed by atoms with Crippen LogP contribution in [0.1, 0.15) is 5.56 Å². The SMILES string of the molecule is O=C(COc1ccc(S(=O)(=O)Nc2ccc(Br)cc2)cc1)N1CCN(c2cccc(C(F)(F)F)c2)CC1. The number of piperazine rings is 1. The number of hydrogen-bond donors (Lipinski definition) is 1. The van der Waals surface area contributed by atoms with Crippen molar-refractivity contribution >= 4 is 43.2 Å². The number of halogens is 4. The summed E-state index contributed by atoms with van der Waals surface area (Å²) in [7, 11) is -3.79. The van der Waals surface area contributed by atoms with Crippen molar-refractivity contribution in [3.63, 3.8) is 0 Å². The molecule has 0 saturated carbocycles. The first-order chi connectivity index (χ1) is 17.5. The highest BCUT2D eigenvalue weighted by molar-refractivity contribution is 9.10. The molecule has 196 valence electrons. The Morgan fingerprint density at radius 1 is 0.946 bits per heavy atom. The maximum Gasteiger partial charge on any atom is 0.416 e. The molecular weight excluding hydrogens is 575 g/mol. The lowest BCUT2D eigenvalue weighted by Gasteiger charge is -2.36. The zero-order valence-electron chi connectivity index (χ0n) is 19.4. The maximum atomic E-state index is 13.0. The zero-order valence-corrected chi connectivity index (χ0v) is 21.8. The molecular formula is C25H23BrF3N3O4S. The van der Waals surface area contributed by atoms with Crippen LogP contribution in [-0.2, 0) is 21.0 Å². The molecule has 0 aromatic heterocycles. The number of carbonyl (C=O) groups excluding carboxylic acids is 1. The van der Waals surface area contributed by atoms with Crippen molar-refractivity contribution in [2.24, 2.45) is 0 Å². The van der Waals surface area contributed by atoms with Crippen LogP contribution < -0.4 is 14.4 Å². The van der Waals surface area contributed by atoms with Gasteiger partial charge in [0.15, 0.2) is 6.61 Å². The van der Waals surface area contributed by atoms with Crippen molar-refractivity contribution in [2.75, 3.05) is 42.4 Å². The maximum absolute atomic E-state index is 13.0. The fourth-order valence-corrected chi connectivity index (χ4v) is 5.10. The van der Waals surface area contributed by atoms with Crippen LogP contribution in [0.15, 0.2) is 82.2 Å². The van der Waals surface area contributed by atoms with E-state index in [1.54, 1.807) is 40.1 Å². The minimum absolute atomic E-state index is 0.0415. The van der Waals surface area contributed by atoms with Gasteiger partial charge in [-0.3, -0.25) is 9.52 Å². The predicted octanol–water partition coefficient (Wildman–Crippen LogP) is 5.00. The first-order valence-corrected chi connectivity index (χ1v) is 13.5. The minimum Gasteiger partial charge on any atom is -0.484 e. The lowest BCUT2D eigenvalue weighted by Crippen LogP contribution is -2.50. The van der Waals surface area contributed by atoms with Crippen LogP contribution in [0.2, 0.25) is 0 Å². The van der Waals surface area contributed by atoms with E-state index in [1.807, 2.05) is 0 Å². The van der Waals surface area contributed by atoms with Crippen LogP contribution in [-0.4, -0.2) is 52.0 Å². The number of rotatable bonds is 7. The lowest BCUT2D eigenvalue weighted by atomic mass is 10.1. The molecule has 4 rings (SSSR count). The molecule has 3 aromatic rings. The van der Waals surface area contributed by atoms with Crippen LogP contribution >= 0.6 is 15.9 Å². The van der Waals surface area contributed by atoms with Gasteiger partial charge in [-0.1, -0.05) is 22.0 Å². The highest BCUT2D eigenvalue weighted by Gasteiger charge is 2.31. The summed E-state index contributed by atoms with van der Waals surface area (Å²) in [4.78, 5) is 16.0. The summed E-state index contributed by atoms with van der Waals surface area (Å²) in [6, 6.07) is 17.5. The van der Waals surface area contributed by atoms with Gasteiger partial charge in [-0.05, 0) is 66.7 Å². The number of sulfonamides is 1. The second kappa shape index (κ2) is 11.0. The molecule has 37 heavy (non-hydrogen) atoms.